The van der Waals surface area contributed by atoms with E-state index in [0.717, 1.165) is 32.2 Å². The first-order valence-electron chi connectivity index (χ1n) is 5.55. The molecule has 5 nitrogen and oxygen atoms in total. The monoisotopic (exact) mass is 246 g/mol. The fourth-order valence-corrected chi connectivity index (χ4v) is 3.06. The van der Waals surface area contributed by atoms with E-state index >= 15 is 0 Å². The van der Waals surface area contributed by atoms with Gasteiger partial charge in [-0.05, 0) is 25.9 Å². The molecular formula is C10H18N2O3S. The van der Waals surface area contributed by atoms with Gasteiger partial charge in [0.25, 0.3) is 0 Å². The van der Waals surface area contributed by atoms with E-state index in [0.29, 0.717) is 0 Å². The Morgan fingerprint density at radius 3 is 2.50 bits per heavy atom. The second-order valence-corrected chi connectivity index (χ2v) is 6.93. The lowest BCUT2D eigenvalue weighted by Crippen LogP contribution is -2.63. The predicted molar refractivity (Wildman–Crippen MR) is 60.6 cm³/mol. The van der Waals surface area contributed by atoms with Gasteiger partial charge in [0.15, 0.2) is 5.78 Å². The van der Waals surface area contributed by atoms with Gasteiger partial charge in [-0.25, -0.2) is 13.1 Å². The number of piperidine rings is 3. The number of ketones is 1. The molecule has 3 fully saturated rings. The molecule has 92 valence electrons. The quantitative estimate of drug-likeness (QED) is 0.735. The minimum Gasteiger partial charge on any atom is -0.297 e. The van der Waals surface area contributed by atoms with Crippen molar-refractivity contribution in [2.24, 2.45) is 5.41 Å². The second-order valence-electron chi connectivity index (χ2n) is 5.10. The predicted octanol–water partition coefficient (Wildman–Crippen LogP) is -0.411. The minimum absolute atomic E-state index is 0.196. The van der Waals surface area contributed by atoms with Gasteiger partial charge >= 0.3 is 0 Å². The Morgan fingerprint density at radius 1 is 1.44 bits per heavy atom. The number of Topliss-reactive ketones (excluding diaryl/α,β-unsaturated/α-hetero) is 1. The van der Waals surface area contributed by atoms with Crippen LogP contribution in [0.15, 0.2) is 0 Å². The van der Waals surface area contributed by atoms with E-state index in [1.165, 1.54) is 0 Å². The van der Waals surface area contributed by atoms with Crippen molar-refractivity contribution in [1.29, 1.82) is 0 Å². The summed E-state index contributed by atoms with van der Waals surface area (Å²) in [5, 5.41) is 0. The van der Waals surface area contributed by atoms with Crippen LogP contribution in [0.2, 0.25) is 0 Å². The van der Waals surface area contributed by atoms with Crippen LogP contribution in [0, 0.1) is 5.41 Å². The zero-order valence-electron chi connectivity index (χ0n) is 9.69. The second kappa shape index (κ2) is 3.78. The summed E-state index contributed by atoms with van der Waals surface area (Å²) in [7, 11) is -3.21. The summed E-state index contributed by atoms with van der Waals surface area (Å²) in [5.74, 6) is 0.196. The Bertz CT molecular complexity index is 396. The standard InChI is InChI=1S/C10H18N2O3S/c1-10-3-5-12(6-4-10)8(9(10)13)7-11-16(2,14)15/h8,11H,3-7H2,1-2H3. The maximum Gasteiger partial charge on any atom is 0.208 e. The van der Waals surface area contributed by atoms with Crippen LogP contribution in [0.5, 0.6) is 0 Å². The van der Waals surface area contributed by atoms with E-state index in [9.17, 15) is 13.2 Å². The molecule has 2 bridgehead atoms. The first kappa shape index (κ1) is 12.0. The Hall–Kier alpha value is -0.460. The molecule has 0 saturated carbocycles. The van der Waals surface area contributed by atoms with E-state index < -0.39 is 10.0 Å². The third kappa shape index (κ3) is 2.14. The zero-order valence-corrected chi connectivity index (χ0v) is 10.5. The third-order valence-electron chi connectivity index (χ3n) is 3.78. The van der Waals surface area contributed by atoms with Crippen LogP contribution >= 0.6 is 0 Å². The van der Waals surface area contributed by atoms with Crippen LogP contribution in [0.3, 0.4) is 0 Å². The maximum atomic E-state index is 12.1. The molecule has 1 atom stereocenters. The van der Waals surface area contributed by atoms with Crippen molar-refractivity contribution in [3.8, 4) is 0 Å². The van der Waals surface area contributed by atoms with Crippen LogP contribution in [0.25, 0.3) is 0 Å². The van der Waals surface area contributed by atoms with Gasteiger partial charge < -0.3 is 0 Å². The molecule has 3 rings (SSSR count). The van der Waals surface area contributed by atoms with Crippen LogP contribution in [0.4, 0.5) is 0 Å². The van der Waals surface area contributed by atoms with Crippen molar-refractivity contribution in [1.82, 2.24) is 9.62 Å². The van der Waals surface area contributed by atoms with E-state index in [4.69, 9.17) is 0 Å². The molecule has 3 heterocycles. The summed E-state index contributed by atoms with van der Waals surface area (Å²) in [6.07, 6.45) is 2.93. The van der Waals surface area contributed by atoms with E-state index in [1.54, 1.807) is 0 Å². The molecule has 1 N–H and O–H groups in total. The number of carbonyl (C=O) groups is 1. The lowest BCUT2D eigenvalue weighted by Gasteiger charge is -2.49. The van der Waals surface area contributed by atoms with E-state index in [2.05, 4.69) is 9.62 Å². The highest BCUT2D eigenvalue weighted by molar-refractivity contribution is 7.88. The van der Waals surface area contributed by atoms with Gasteiger partial charge in [0.05, 0.1) is 12.3 Å². The number of rotatable bonds is 3. The number of fused-ring (bicyclic) bond motifs is 3. The maximum absolute atomic E-state index is 12.1. The van der Waals surface area contributed by atoms with Crippen molar-refractivity contribution in [3.05, 3.63) is 0 Å². The minimum atomic E-state index is -3.21. The molecule has 3 saturated heterocycles. The van der Waals surface area contributed by atoms with Gasteiger partial charge in [0, 0.05) is 12.0 Å². The number of sulfonamides is 1. The van der Waals surface area contributed by atoms with Crippen LogP contribution in [0.1, 0.15) is 19.8 Å². The number of hydrogen-bond acceptors (Lipinski definition) is 4. The Morgan fingerprint density at radius 2 is 2.00 bits per heavy atom. The summed E-state index contributed by atoms with van der Waals surface area (Å²) in [4.78, 5) is 14.2. The summed E-state index contributed by atoms with van der Waals surface area (Å²) >= 11 is 0. The molecule has 0 radical (unpaired) electrons. The highest BCUT2D eigenvalue weighted by Crippen LogP contribution is 2.39. The summed E-state index contributed by atoms with van der Waals surface area (Å²) in [6.45, 7) is 4.02. The molecule has 0 amide bonds. The molecule has 0 aromatic heterocycles. The van der Waals surface area contributed by atoms with Gasteiger partial charge in [-0.2, -0.15) is 0 Å². The van der Waals surface area contributed by atoms with Gasteiger partial charge in [-0.3, -0.25) is 9.69 Å². The molecular weight excluding hydrogens is 228 g/mol. The fourth-order valence-electron chi connectivity index (χ4n) is 2.60. The molecule has 3 aliphatic heterocycles. The van der Waals surface area contributed by atoms with Crippen molar-refractivity contribution < 1.29 is 13.2 Å². The molecule has 16 heavy (non-hydrogen) atoms. The first-order chi connectivity index (χ1) is 7.32. The highest BCUT2D eigenvalue weighted by Gasteiger charge is 2.48. The molecule has 0 spiro atoms. The van der Waals surface area contributed by atoms with Crippen molar-refractivity contribution in [2.45, 2.75) is 25.8 Å². The topological polar surface area (TPSA) is 66.5 Å². The fraction of sp³-hybridized carbons (Fsp3) is 0.900. The number of carbonyl (C=O) groups excluding carboxylic acids is 1. The van der Waals surface area contributed by atoms with Crippen LogP contribution in [-0.2, 0) is 14.8 Å². The molecule has 6 heteroatoms. The molecule has 3 aliphatic rings. The molecule has 0 aromatic carbocycles. The van der Waals surface area contributed by atoms with Gasteiger partial charge in [-0.1, -0.05) is 6.92 Å². The van der Waals surface area contributed by atoms with Gasteiger partial charge in [-0.15, -0.1) is 0 Å². The van der Waals surface area contributed by atoms with Crippen LogP contribution < -0.4 is 4.72 Å². The van der Waals surface area contributed by atoms with Crippen molar-refractivity contribution in [2.75, 3.05) is 25.9 Å². The Labute approximate surface area is 96.2 Å². The molecule has 0 aliphatic carbocycles. The lowest BCUT2D eigenvalue weighted by atomic mass is 9.69. The van der Waals surface area contributed by atoms with Gasteiger partial charge in [0.2, 0.25) is 10.0 Å². The van der Waals surface area contributed by atoms with Crippen molar-refractivity contribution in [3.63, 3.8) is 0 Å². The Kier molecular flexibility index (Phi) is 2.84. The lowest BCUT2D eigenvalue weighted by molar-refractivity contribution is -0.145. The smallest absolute Gasteiger partial charge is 0.208 e. The summed E-state index contributed by atoms with van der Waals surface area (Å²) in [6, 6.07) is -0.262. The SMILES string of the molecule is CC12CCN(CC1)C(CNS(C)(=O)=O)C2=O. The number of nitrogens with zero attached hydrogens (tertiary/aromatic N) is 1. The molecule has 0 aromatic rings. The Balaban J connectivity index is 2.08. The van der Waals surface area contributed by atoms with Crippen LogP contribution in [-0.4, -0.2) is 51.0 Å². The summed E-state index contributed by atoms with van der Waals surface area (Å²) < 4.78 is 24.5. The average molecular weight is 246 g/mol. The van der Waals surface area contributed by atoms with Crippen molar-refractivity contribution >= 4 is 15.8 Å². The summed E-state index contributed by atoms with van der Waals surface area (Å²) in [5.41, 5.74) is -0.224. The van der Waals surface area contributed by atoms with E-state index in [1.807, 2.05) is 6.92 Å². The normalized spacial score (nSPS) is 39.0. The highest BCUT2D eigenvalue weighted by atomic mass is 32.2. The molecule has 1 unspecified atom stereocenters. The van der Waals surface area contributed by atoms with E-state index in [-0.39, 0.29) is 23.8 Å². The largest absolute Gasteiger partial charge is 0.297 e. The first-order valence-corrected chi connectivity index (χ1v) is 7.44. The third-order valence-corrected chi connectivity index (χ3v) is 4.47. The number of nitrogens with one attached hydrogen (secondary N) is 1. The zero-order chi connectivity index (χ0) is 12.0. The van der Waals surface area contributed by atoms with Gasteiger partial charge in [0.1, 0.15) is 0 Å². The average Bonchev–Trinajstić information content (AvgIpc) is 2.18. The number of hydrogen-bond donors (Lipinski definition) is 1.